The molecule has 8 heteroatoms. The minimum Gasteiger partial charge on any atom is -0.497 e. The van der Waals surface area contributed by atoms with E-state index in [0.717, 1.165) is 11.3 Å². The highest BCUT2D eigenvalue weighted by Gasteiger charge is 2.50. The van der Waals surface area contributed by atoms with Crippen molar-refractivity contribution in [2.45, 2.75) is 90.2 Å². The molecule has 1 aromatic carbocycles. The normalized spacial score (nSPS) is 19.6. The molecular weight excluding hydrogens is 397 g/mol. The smallest absolute Gasteiger partial charge is 0.457 e. The van der Waals surface area contributed by atoms with E-state index in [1.807, 2.05) is 72.7 Å². The van der Waals surface area contributed by atoms with Crippen molar-refractivity contribution in [2.75, 3.05) is 14.2 Å². The van der Waals surface area contributed by atoms with E-state index < -0.39 is 17.7 Å². The third-order valence-electron chi connectivity index (χ3n) is 5.81. The van der Waals surface area contributed by atoms with Crippen molar-refractivity contribution in [3.05, 3.63) is 29.8 Å². The van der Waals surface area contributed by atoms with Gasteiger partial charge in [-0.3, -0.25) is 0 Å². The summed E-state index contributed by atoms with van der Waals surface area (Å²) in [5.41, 5.74) is -0.471. The van der Waals surface area contributed by atoms with Gasteiger partial charge in [0.1, 0.15) is 11.4 Å². The topological polar surface area (TPSA) is 75.3 Å². The molecule has 0 aromatic heterocycles. The van der Waals surface area contributed by atoms with Crippen LogP contribution in [0.5, 0.6) is 5.75 Å². The number of amides is 1. The van der Waals surface area contributed by atoms with Crippen LogP contribution in [0.1, 0.15) is 66.5 Å². The second kappa shape index (κ2) is 9.80. The Morgan fingerprint density at radius 1 is 1.06 bits per heavy atom. The molecule has 1 heterocycles. The van der Waals surface area contributed by atoms with Crippen LogP contribution >= 0.6 is 0 Å². The highest BCUT2D eigenvalue weighted by atomic mass is 16.7. The third-order valence-corrected chi connectivity index (χ3v) is 5.81. The molecule has 0 radical (unpaired) electrons. The van der Waals surface area contributed by atoms with Crippen LogP contribution in [0.3, 0.4) is 0 Å². The lowest BCUT2D eigenvalue weighted by Gasteiger charge is -2.32. The van der Waals surface area contributed by atoms with Crippen molar-refractivity contribution >= 4 is 13.2 Å². The molecule has 31 heavy (non-hydrogen) atoms. The predicted octanol–water partition coefficient (Wildman–Crippen LogP) is 4.76. The quantitative estimate of drug-likeness (QED) is 0.594. The molecule has 0 aliphatic carbocycles. The number of carbonyl (C=O) groups is 1. The number of alkyl carbamates (subject to hydrolysis) is 1. The summed E-state index contributed by atoms with van der Waals surface area (Å²) in [7, 11) is 2.93. The van der Waals surface area contributed by atoms with E-state index in [2.05, 4.69) is 5.32 Å². The van der Waals surface area contributed by atoms with Crippen LogP contribution in [0.15, 0.2) is 24.3 Å². The zero-order valence-corrected chi connectivity index (χ0v) is 20.4. The number of benzene rings is 1. The van der Waals surface area contributed by atoms with Crippen LogP contribution < -0.4 is 10.1 Å². The molecule has 1 aliphatic heterocycles. The van der Waals surface area contributed by atoms with E-state index in [1.54, 1.807) is 14.2 Å². The van der Waals surface area contributed by atoms with Gasteiger partial charge in [0, 0.05) is 7.11 Å². The fraction of sp³-hybridized carbons (Fsp3) is 0.696. The van der Waals surface area contributed by atoms with E-state index in [0.29, 0.717) is 12.7 Å². The standard InChI is InChI=1S/C23H38BNO6/c1-21(2,3)29-20(26)25-19(16-10-12-17(27-8)13-11-16)18(28-9)14-15-24-30-22(4,5)23(6,7)31-24/h10-13,18-19H,14-15H2,1-9H3,(H,25,26)/t18-,19-/m1/s1. The maximum absolute atomic E-state index is 12.6. The summed E-state index contributed by atoms with van der Waals surface area (Å²) < 4.78 is 28.8. The molecule has 7 nitrogen and oxygen atoms in total. The summed E-state index contributed by atoms with van der Waals surface area (Å²) in [6.45, 7) is 13.6. The fourth-order valence-corrected chi connectivity index (χ4v) is 3.44. The Labute approximate surface area is 187 Å². The second-order valence-electron chi connectivity index (χ2n) is 9.93. The molecule has 0 unspecified atom stereocenters. The molecule has 1 amide bonds. The molecule has 1 saturated heterocycles. The summed E-state index contributed by atoms with van der Waals surface area (Å²) in [5, 5.41) is 2.98. The first kappa shape index (κ1) is 25.5. The lowest BCUT2D eigenvalue weighted by Crippen LogP contribution is -2.41. The second-order valence-corrected chi connectivity index (χ2v) is 9.93. The van der Waals surface area contributed by atoms with Gasteiger partial charge in [0.05, 0.1) is 30.5 Å². The van der Waals surface area contributed by atoms with E-state index in [1.165, 1.54) is 0 Å². The first-order chi connectivity index (χ1) is 14.3. The summed E-state index contributed by atoms with van der Waals surface area (Å²) in [4.78, 5) is 12.6. The average Bonchev–Trinajstić information content (AvgIpc) is 2.86. The molecule has 2 rings (SSSR count). The summed E-state index contributed by atoms with van der Waals surface area (Å²) in [6, 6.07) is 7.15. The van der Waals surface area contributed by atoms with Crippen molar-refractivity contribution < 1.29 is 28.3 Å². The Morgan fingerprint density at radius 2 is 1.61 bits per heavy atom. The van der Waals surface area contributed by atoms with Crippen LogP contribution in [0.25, 0.3) is 0 Å². The van der Waals surface area contributed by atoms with Crippen molar-refractivity contribution in [1.29, 1.82) is 0 Å². The largest absolute Gasteiger partial charge is 0.497 e. The maximum Gasteiger partial charge on any atom is 0.457 e. The highest BCUT2D eigenvalue weighted by Crippen LogP contribution is 2.38. The molecule has 1 aromatic rings. The van der Waals surface area contributed by atoms with Crippen LogP contribution in [0, 0.1) is 0 Å². The molecule has 0 bridgehead atoms. The first-order valence-corrected chi connectivity index (χ1v) is 10.8. The van der Waals surface area contributed by atoms with Crippen LogP contribution in [0.2, 0.25) is 6.32 Å². The Balaban J connectivity index is 2.16. The number of methoxy groups -OCH3 is 2. The Morgan fingerprint density at radius 3 is 2.06 bits per heavy atom. The number of ether oxygens (including phenoxy) is 3. The van der Waals surface area contributed by atoms with Gasteiger partial charge >= 0.3 is 13.2 Å². The SMILES string of the molecule is COc1ccc([C@@H](NC(=O)OC(C)(C)C)[C@@H](CCB2OC(C)(C)C(C)(C)O2)OC)cc1. The number of rotatable bonds is 8. The van der Waals surface area contributed by atoms with Gasteiger partial charge < -0.3 is 28.8 Å². The number of hydrogen-bond acceptors (Lipinski definition) is 6. The van der Waals surface area contributed by atoms with E-state index >= 15 is 0 Å². The lowest BCUT2D eigenvalue weighted by atomic mass is 9.80. The van der Waals surface area contributed by atoms with Gasteiger partial charge in [-0.25, -0.2) is 4.79 Å². The van der Waals surface area contributed by atoms with Crippen molar-refractivity contribution in [3.8, 4) is 5.75 Å². The van der Waals surface area contributed by atoms with Gasteiger partial charge in [0.15, 0.2) is 0 Å². The van der Waals surface area contributed by atoms with Crippen molar-refractivity contribution in [2.24, 2.45) is 0 Å². The fourth-order valence-electron chi connectivity index (χ4n) is 3.44. The van der Waals surface area contributed by atoms with Crippen molar-refractivity contribution in [3.63, 3.8) is 0 Å². The lowest BCUT2D eigenvalue weighted by molar-refractivity contribution is 0.00578. The molecule has 1 fully saturated rings. The van der Waals surface area contributed by atoms with Crippen molar-refractivity contribution in [1.82, 2.24) is 5.32 Å². The molecule has 0 spiro atoms. The van der Waals surface area contributed by atoms with Crippen LogP contribution in [-0.2, 0) is 18.8 Å². The molecule has 1 aliphatic rings. The molecular formula is C23H38BNO6. The number of carbonyl (C=O) groups excluding carboxylic acids is 1. The molecule has 2 atom stereocenters. The molecule has 0 saturated carbocycles. The minimum absolute atomic E-state index is 0.306. The molecule has 1 N–H and O–H groups in total. The average molecular weight is 435 g/mol. The van der Waals surface area contributed by atoms with Gasteiger partial charge in [0.25, 0.3) is 0 Å². The van der Waals surface area contributed by atoms with Gasteiger partial charge in [-0.1, -0.05) is 12.1 Å². The zero-order valence-electron chi connectivity index (χ0n) is 20.4. The van der Waals surface area contributed by atoms with Crippen LogP contribution in [0.4, 0.5) is 4.79 Å². The number of nitrogens with one attached hydrogen (secondary N) is 1. The number of hydrogen-bond donors (Lipinski definition) is 1. The van der Waals surface area contributed by atoms with Gasteiger partial charge in [0.2, 0.25) is 0 Å². The maximum atomic E-state index is 12.6. The third kappa shape index (κ3) is 6.86. The highest BCUT2D eigenvalue weighted by molar-refractivity contribution is 6.45. The van der Waals surface area contributed by atoms with E-state index in [-0.39, 0.29) is 24.4 Å². The molecule has 174 valence electrons. The predicted molar refractivity (Wildman–Crippen MR) is 121 cm³/mol. The Hall–Kier alpha value is -1.77. The minimum atomic E-state index is -0.597. The van der Waals surface area contributed by atoms with Gasteiger partial charge in [-0.15, -0.1) is 0 Å². The Bertz CT molecular complexity index is 713. The Kier molecular flexibility index (Phi) is 8.06. The van der Waals surface area contributed by atoms with Gasteiger partial charge in [-0.2, -0.15) is 0 Å². The van der Waals surface area contributed by atoms with Gasteiger partial charge in [-0.05, 0) is 78.9 Å². The summed E-state index contributed by atoms with van der Waals surface area (Å²) >= 11 is 0. The van der Waals surface area contributed by atoms with Crippen LogP contribution in [-0.4, -0.2) is 50.3 Å². The van der Waals surface area contributed by atoms with E-state index in [9.17, 15) is 4.79 Å². The van der Waals surface area contributed by atoms with E-state index in [4.69, 9.17) is 23.5 Å². The first-order valence-electron chi connectivity index (χ1n) is 10.8. The zero-order chi connectivity index (χ0) is 23.4. The summed E-state index contributed by atoms with van der Waals surface area (Å²) in [5.74, 6) is 0.742. The monoisotopic (exact) mass is 435 g/mol. The summed E-state index contributed by atoms with van der Waals surface area (Å²) in [6.07, 6.45) is 0.458.